The maximum absolute atomic E-state index is 12.2. The van der Waals surface area contributed by atoms with E-state index in [2.05, 4.69) is 10.1 Å². The number of rotatable bonds is 3. The number of β-amino-alcohol motifs (C(OH)–C–C–N with tert-alkyl or cyclic N) is 1. The van der Waals surface area contributed by atoms with E-state index < -0.39 is 18.7 Å². The molecule has 2 rings (SSSR count). The van der Waals surface area contributed by atoms with Crippen LogP contribution < -0.4 is 10.1 Å². The minimum atomic E-state index is -2.99. The van der Waals surface area contributed by atoms with Crippen molar-refractivity contribution in [2.24, 2.45) is 0 Å². The van der Waals surface area contributed by atoms with Gasteiger partial charge < -0.3 is 20.1 Å². The molecule has 1 aromatic rings. The van der Waals surface area contributed by atoms with Crippen LogP contribution in [0.1, 0.15) is 6.42 Å². The largest absolute Gasteiger partial charge is 0.433 e. The lowest BCUT2D eigenvalue weighted by Gasteiger charge is -2.17. The predicted molar refractivity (Wildman–Crippen MR) is 69.3 cm³/mol. The van der Waals surface area contributed by atoms with Crippen molar-refractivity contribution in [3.63, 3.8) is 0 Å². The first-order valence-corrected chi connectivity index (χ1v) is 6.32. The van der Waals surface area contributed by atoms with Crippen molar-refractivity contribution in [1.29, 1.82) is 0 Å². The molecule has 0 spiro atoms. The van der Waals surface area contributed by atoms with E-state index in [1.807, 2.05) is 0 Å². The number of nitrogens with zero attached hydrogens (tertiary/aromatic N) is 1. The van der Waals surface area contributed by atoms with Gasteiger partial charge in [-0.1, -0.05) is 11.6 Å². The third kappa shape index (κ3) is 3.71. The normalized spacial score (nSPS) is 18.4. The Morgan fingerprint density at radius 2 is 2.30 bits per heavy atom. The van der Waals surface area contributed by atoms with Gasteiger partial charge in [0.2, 0.25) is 0 Å². The lowest BCUT2D eigenvalue weighted by Crippen LogP contribution is -2.33. The summed E-state index contributed by atoms with van der Waals surface area (Å²) in [6.45, 7) is -2.30. The summed E-state index contributed by atoms with van der Waals surface area (Å²) in [5.41, 5.74) is 0.288. The molecule has 0 saturated carbocycles. The number of alkyl halides is 2. The summed E-state index contributed by atoms with van der Waals surface area (Å²) in [6.07, 6.45) is -0.00275. The van der Waals surface area contributed by atoms with Crippen LogP contribution in [0.25, 0.3) is 0 Å². The number of benzene rings is 1. The van der Waals surface area contributed by atoms with Gasteiger partial charge in [0.25, 0.3) is 0 Å². The number of carbonyl (C=O) groups is 1. The summed E-state index contributed by atoms with van der Waals surface area (Å²) in [5.74, 6) is -0.207. The summed E-state index contributed by atoms with van der Waals surface area (Å²) in [7, 11) is 0. The number of likely N-dealkylation sites (tertiary alicyclic amines) is 1. The lowest BCUT2D eigenvalue weighted by atomic mass is 10.3. The van der Waals surface area contributed by atoms with Gasteiger partial charge in [0, 0.05) is 24.8 Å². The Morgan fingerprint density at radius 3 is 2.90 bits per heavy atom. The van der Waals surface area contributed by atoms with Crippen LogP contribution in [0, 0.1) is 0 Å². The Kier molecular flexibility index (Phi) is 4.61. The second-order valence-electron chi connectivity index (χ2n) is 4.34. The molecule has 0 radical (unpaired) electrons. The van der Waals surface area contributed by atoms with Crippen molar-refractivity contribution in [1.82, 2.24) is 4.90 Å². The standard InChI is InChI=1S/C12H13ClF2N2O3/c13-9-2-1-7(5-10(9)20-11(14)15)16-12(19)17-4-3-8(18)6-17/h1-2,5,8,11,18H,3-4,6H2,(H,16,19)/t8-/m1/s1. The minimum Gasteiger partial charge on any atom is -0.433 e. The van der Waals surface area contributed by atoms with Crippen molar-refractivity contribution in [3.05, 3.63) is 23.2 Å². The highest BCUT2D eigenvalue weighted by Crippen LogP contribution is 2.29. The molecule has 1 atom stereocenters. The maximum atomic E-state index is 12.2. The third-order valence-corrected chi connectivity index (χ3v) is 3.16. The second kappa shape index (κ2) is 6.23. The summed E-state index contributed by atoms with van der Waals surface area (Å²) in [4.78, 5) is 13.3. The van der Waals surface area contributed by atoms with Crippen LogP contribution in [0.15, 0.2) is 18.2 Å². The second-order valence-corrected chi connectivity index (χ2v) is 4.75. The fourth-order valence-electron chi connectivity index (χ4n) is 1.90. The van der Waals surface area contributed by atoms with Crippen LogP contribution in [-0.4, -0.2) is 41.8 Å². The number of nitrogens with one attached hydrogen (secondary N) is 1. The molecule has 1 aliphatic rings. The number of carbonyl (C=O) groups excluding carboxylic acids is 1. The number of amides is 2. The molecule has 1 saturated heterocycles. The van der Waals surface area contributed by atoms with E-state index in [1.165, 1.54) is 23.1 Å². The molecule has 2 amide bonds. The number of ether oxygens (including phenoxy) is 1. The molecular weight excluding hydrogens is 294 g/mol. The quantitative estimate of drug-likeness (QED) is 0.902. The van der Waals surface area contributed by atoms with Crippen LogP contribution >= 0.6 is 11.6 Å². The van der Waals surface area contributed by atoms with Gasteiger partial charge in [-0.15, -0.1) is 0 Å². The van der Waals surface area contributed by atoms with Gasteiger partial charge in [-0.2, -0.15) is 8.78 Å². The summed E-state index contributed by atoms with van der Waals surface area (Å²) in [6, 6.07) is 3.64. The van der Waals surface area contributed by atoms with Crippen LogP contribution in [0.3, 0.4) is 0 Å². The van der Waals surface area contributed by atoms with Crippen LogP contribution in [0.4, 0.5) is 19.3 Å². The molecule has 20 heavy (non-hydrogen) atoms. The van der Waals surface area contributed by atoms with Gasteiger partial charge in [0.05, 0.1) is 11.1 Å². The van der Waals surface area contributed by atoms with Gasteiger partial charge >= 0.3 is 12.6 Å². The summed E-state index contributed by atoms with van der Waals surface area (Å²) >= 11 is 5.71. The first-order valence-electron chi connectivity index (χ1n) is 5.94. The van der Waals surface area contributed by atoms with Crippen molar-refractivity contribution in [2.45, 2.75) is 19.1 Å². The number of hydrogen-bond acceptors (Lipinski definition) is 3. The van der Waals surface area contributed by atoms with Crippen molar-refractivity contribution >= 4 is 23.3 Å². The van der Waals surface area contributed by atoms with E-state index in [0.29, 0.717) is 13.0 Å². The van der Waals surface area contributed by atoms with Gasteiger partial charge in [-0.3, -0.25) is 0 Å². The molecule has 0 aliphatic carbocycles. The number of anilines is 1. The van der Waals surface area contributed by atoms with Gasteiger partial charge in [0.1, 0.15) is 5.75 Å². The van der Waals surface area contributed by atoms with Crippen molar-refractivity contribution < 1.29 is 23.4 Å². The number of aliphatic hydroxyl groups is 1. The Morgan fingerprint density at radius 1 is 1.55 bits per heavy atom. The van der Waals surface area contributed by atoms with Crippen LogP contribution in [0.2, 0.25) is 5.02 Å². The Labute approximate surface area is 119 Å². The zero-order valence-corrected chi connectivity index (χ0v) is 11.1. The molecular formula is C12H13ClF2N2O3. The molecule has 5 nitrogen and oxygen atoms in total. The molecule has 1 fully saturated rings. The first kappa shape index (κ1) is 14.8. The Bertz CT molecular complexity index is 502. The van der Waals surface area contributed by atoms with Crippen LogP contribution in [0.5, 0.6) is 5.75 Å². The van der Waals surface area contributed by atoms with Crippen molar-refractivity contribution in [3.8, 4) is 5.75 Å². The first-order chi connectivity index (χ1) is 9.45. The fraction of sp³-hybridized carbons (Fsp3) is 0.417. The smallest absolute Gasteiger partial charge is 0.387 e. The van der Waals surface area contributed by atoms with Gasteiger partial charge in [-0.25, -0.2) is 4.79 Å². The highest BCUT2D eigenvalue weighted by molar-refractivity contribution is 6.32. The SMILES string of the molecule is O=C(Nc1ccc(Cl)c(OC(F)F)c1)N1CC[C@@H](O)C1. The van der Waals surface area contributed by atoms with E-state index in [-0.39, 0.29) is 23.0 Å². The molecule has 0 unspecified atom stereocenters. The number of halogens is 3. The van der Waals surface area contributed by atoms with E-state index >= 15 is 0 Å². The average Bonchev–Trinajstić information content (AvgIpc) is 2.79. The van der Waals surface area contributed by atoms with Crippen molar-refractivity contribution in [2.75, 3.05) is 18.4 Å². The Balaban J connectivity index is 2.04. The Hall–Kier alpha value is -1.60. The monoisotopic (exact) mass is 306 g/mol. The maximum Gasteiger partial charge on any atom is 0.387 e. The number of aliphatic hydroxyl groups excluding tert-OH is 1. The minimum absolute atomic E-state index is 0.0277. The lowest BCUT2D eigenvalue weighted by molar-refractivity contribution is -0.0497. The molecule has 8 heteroatoms. The number of hydrogen-bond donors (Lipinski definition) is 2. The highest BCUT2D eigenvalue weighted by Gasteiger charge is 2.24. The molecule has 1 heterocycles. The average molecular weight is 307 g/mol. The topological polar surface area (TPSA) is 61.8 Å². The van der Waals surface area contributed by atoms with E-state index in [9.17, 15) is 18.7 Å². The van der Waals surface area contributed by atoms with E-state index in [0.717, 1.165) is 0 Å². The molecule has 1 aromatic carbocycles. The van der Waals surface area contributed by atoms with E-state index in [4.69, 9.17) is 11.6 Å². The molecule has 1 aliphatic heterocycles. The van der Waals surface area contributed by atoms with E-state index in [1.54, 1.807) is 0 Å². The highest BCUT2D eigenvalue weighted by atomic mass is 35.5. The molecule has 0 aromatic heterocycles. The summed E-state index contributed by atoms with van der Waals surface area (Å²) < 4.78 is 28.6. The molecule has 110 valence electrons. The molecule has 0 bridgehead atoms. The zero-order chi connectivity index (χ0) is 14.7. The summed E-state index contributed by atoms with van der Waals surface area (Å²) in [5, 5.41) is 11.9. The van der Waals surface area contributed by atoms with Crippen LogP contribution in [-0.2, 0) is 0 Å². The predicted octanol–water partition coefficient (Wildman–Crippen LogP) is 2.54. The number of urea groups is 1. The van der Waals surface area contributed by atoms with Gasteiger partial charge in [0.15, 0.2) is 0 Å². The fourth-order valence-corrected chi connectivity index (χ4v) is 2.06. The van der Waals surface area contributed by atoms with Gasteiger partial charge in [-0.05, 0) is 18.6 Å². The molecule has 2 N–H and O–H groups in total. The third-order valence-electron chi connectivity index (χ3n) is 2.85. The zero-order valence-electron chi connectivity index (χ0n) is 10.4.